The monoisotopic (exact) mass is 369 g/mol. The van der Waals surface area contributed by atoms with E-state index in [1.807, 2.05) is 68.1 Å². The van der Waals surface area contributed by atoms with Crippen molar-refractivity contribution in [3.05, 3.63) is 65.7 Å². The molecule has 1 heterocycles. The van der Waals surface area contributed by atoms with Crippen LogP contribution in [0, 0.1) is 0 Å². The Hall–Kier alpha value is -2.49. The molecule has 0 atom stereocenters. The number of ether oxygens (including phenoxy) is 2. The van der Waals surface area contributed by atoms with Crippen molar-refractivity contribution in [1.29, 1.82) is 0 Å². The predicted molar refractivity (Wildman–Crippen MR) is 109 cm³/mol. The number of hydrogen-bond acceptors (Lipinski definition) is 3. The van der Waals surface area contributed by atoms with Gasteiger partial charge in [0.05, 0.1) is 6.61 Å². The summed E-state index contributed by atoms with van der Waals surface area (Å²) in [6.07, 6.45) is 1.69. The topological polar surface area (TPSA) is 38.8 Å². The third-order valence-corrected chi connectivity index (χ3v) is 4.60. The molecule has 27 heavy (non-hydrogen) atoms. The van der Waals surface area contributed by atoms with Crippen LogP contribution in [0.1, 0.15) is 50.7 Å². The summed E-state index contributed by atoms with van der Waals surface area (Å²) >= 11 is 0. The number of nitrogens with zero attached hydrogens (tertiary/aromatic N) is 1. The maximum Gasteiger partial charge on any atom is 0.410 e. The van der Waals surface area contributed by atoms with Gasteiger partial charge in [-0.3, -0.25) is 0 Å². The lowest BCUT2D eigenvalue weighted by Crippen LogP contribution is -2.38. The standard InChI is InChI=1S/C21H25NO3.C2H6/c1-2-24-20-10-6-9-19(15-20)18-11-13-22(14-12-18)21(23)25-16-17-7-4-3-5-8-17;1-2/h3-10,15,18H,2,11-14,16H2,1H3;1-2H3. The van der Waals surface area contributed by atoms with Gasteiger partial charge in [-0.1, -0.05) is 56.3 Å². The second-order valence-electron chi connectivity index (χ2n) is 6.31. The fraction of sp³-hybridized carbons (Fsp3) is 0.435. The summed E-state index contributed by atoms with van der Waals surface area (Å²) in [4.78, 5) is 14.0. The van der Waals surface area contributed by atoms with Crippen LogP contribution in [0.15, 0.2) is 54.6 Å². The molecule has 4 nitrogen and oxygen atoms in total. The quantitative estimate of drug-likeness (QED) is 0.686. The van der Waals surface area contributed by atoms with E-state index < -0.39 is 0 Å². The average molecular weight is 370 g/mol. The molecule has 0 saturated carbocycles. The Morgan fingerprint density at radius 2 is 1.74 bits per heavy atom. The van der Waals surface area contributed by atoms with Crippen LogP contribution in [0.25, 0.3) is 0 Å². The molecular formula is C23H31NO3. The van der Waals surface area contributed by atoms with E-state index in [0.29, 0.717) is 19.1 Å². The maximum atomic E-state index is 12.2. The van der Waals surface area contributed by atoms with E-state index in [0.717, 1.165) is 37.2 Å². The van der Waals surface area contributed by atoms with Crippen molar-refractivity contribution in [3.8, 4) is 5.75 Å². The second-order valence-corrected chi connectivity index (χ2v) is 6.31. The molecule has 1 amide bonds. The molecule has 0 bridgehead atoms. The molecule has 1 aliphatic heterocycles. The predicted octanol–water partition coefficient (Wildman–Crippen LogP) is 5.63. The van der Waals surface area contributed by atoms with Gasteiger partial charge in [0, 0.05) is 13.1 Å². The fourth-order valence-corrected chi connectivity index (χ4v) is 3.23. The van der Waals surface area contributed by atoms with Crippen LogP contribution in [0.4, 0.5) is 4.79 Å². The van der Waals surface area contributed by atoms with E-state index in [1.54, 1.807) is 0 Å². The number of hydrogen-bond donors (Lipinski definition) is 0. The van der Waals surface area contributed by atoms with E-state index in [1.165, 1.54) is 5.56 Å². The first-order valence-electron chi connectivity index (χ1n) is 9.94. The van der Waals surface area contributed by atoms with Gasteiger partial charge in [0.15, 0.2) is 0 Å². The van der Waals surface area contributed by atoms with Gasteiger partial charge in [0.2, 0.25) is 0 Å². The largest absolute Gasteiger partial charge is 0.494 e. The SMILES string of the molecule is CC.CCOc1cccc(C2CCN(C(=O)OCc3ccccc3)CC2)c1. The van der Waals surface area contributed by atoms with Gasteiger partial charge in [0.1, 0.15) is 12.4 Å². The van der Waals surface area contributed by atoms with Crippen LogP contribution in [0.3, 0.4) is 0 Å². The van der Waals surface area contributed by atoms with Gasteiger partial charge < -0.3 is 14.4 Å². The molecule has 2 aromatic carbocycles. The lowest BCUT2D eigenvalue weighted by Gasteiger charge is -2.31. The zero-order valence-electron chi connectivity index (χ0n) is 16.7. The Morgan fingerprint density at radius 1 is 1.04 bits per heavy atom. The van der Waals surface area contributed by atoms with Crippen molar-refractivity contribution in [2.24, 2.45) is 0 Å². The molecule has 3 rings (SSSR count). The summed E-state index contributed by atoms with van der Waals surface area (Å²) in [6, 6.07) is 18.1. The highest BCUT2D eigenvalue weighted by molar-refractivity contribution is 5.67. The van der Waals surface area contributed by atoms with Crippen molar-refractivity contribution in [2.75, 3.05) is 19.7 Å². The number of rotatable bonds is 5. The Morgan fingerprint density at radius 3 is 2.41 bits per heavy atom. The zero-order chi connectivity index (χ0) is 19.5. The smallest absolute Gasteiger partial charge is 0.410 e. The molecule has 0 N–H and O–H groups in total. The van der Waals surface area contributed by atoms with Crippen LogP contribution < -0.4 is 4.74 Å². The van der Waals surface area contributed by atoms with Crippen molar-refractivity contribution >= 4 is 6.09 Å². The van der Waals surface area contributed by atoms with Gasteiger partial charge >= 0.3 is 6.09 Å². The Bertz CT molecular complexity index is 679. The molecule has 0 aliphatic carbocycles. The number of amides is 1. The highest BCUT2D eigenvalue weighted by atomic mass is 16.6. The maximum absolute atomic E-state index is 12.2. The van der Waals surface area contributed by atoms with Gasteiger partial charge in [-0.05, 0) is 48.9 Å². The van der Waals surface area contributed by atoms with E-state index in [-0.39, 0.29) is 6.09 Å². The minimum absolute atomic E-state index is 0.217. The summed E-state index contributed by atoms with van der Waals surface area (Å²) < 4.78 is 11.0. The highest BCUT2D eigenvalue weighted by Crippen LogP contribution is 2.30. The molecule has 0 aromatic heterocycles. The summed E-state index contributed by atoms with van der Waals surface area (Å²) in [5.41, 5.74) is 2.31. The number of likely N-dealkylation sites (tertiary alicyclic amines) is 1. The third kappa shape index (κ3) is 6.31. The lowest BCUT2D eigenvalue weighted by atomic mass is 9.89. The first kappa shape index (κ1) is 20.8. The van der Waals surface area contributed by atoms with Crippen LogP contribution in [-0.4, -0.2) is 30.7 Å². The number of carbonyl (C=O) groups is 1. The number of carbonyl (C=O) groups excluding carboxylic acids is 1. The Kier molecular flexibility index (Phi) is 8.69. The van der Waals surface area contributed by atoms with Gasteiger partial charge in [-0.2, -0.15) is 0 Å². The molecule has 1 saturated heterocycles. The zero-order valence-corrected chi connectivity index (χ0v) is 16.7. The van der Waals surface area contributed by atoms with Crippen molar-refractivity contribution in [1.82, 2.24) is 4.90 Å². The lowest BCUT2D eigenvalue weighted by molar-refractivity contribution is 0.0870. The summed E-state index contributed by atoms with van der Waals surface area (Å²) in [7, 11) is 0. The Labute approximate surface area is 163 Å². The summed E-state index contributed by atoms with van der Waals surface area (Å²) in [5.74, 6) is 1.39. The van der Waals surface area contributed by atoms with Crippen LogP contribution in [-0.2, 0) is 11.3 Å². The fourth-order valence-electron chi connectivity index (χ4n) is 3.23. The molecule has 0 unspecified atom stereocenters. The van der Waals surface area contributed by atoms with Gasteiger partial charge in [0.25, 0.3) is 0 Å². The number of benzene rings is 2. The van der Waals surface area contributed by atoms with E-state index in [2.05, 4.69) is 12.1 Å². The normalized spacial score (nSPS) is 14.1. The van der Waals surface area contributed by atoms with E-state index in [4.69, 9.17) is 9.47 Å². The molecule has 1 fully saturated rings. The second kappa shape index (κ2) is 11.3. The summed E-state index contributed by atoms with van der Waals surface area (Å²) in [5, 5.41) is 0. The molecule has 2 aromatic rings. The van der Waals surface area contributed by atoms with Crippen LogP contribution in [0.5, 0.6) is 5.75 Å². The van der Waals surface area contributed by atoms with Crippen LogP contribution in [0.2, 0.25) is 0 Å². The minimum Gasteiger partial charge on any atom is -0.494 e. The highest BCUT2D eigenvalue weighted by Gasteiger charge is 2.25. The molecular weight excluding hydrogens is 338 g/mol. The molecule has 0 spiro atoms. The first-order chi connectivity index (χ1) is 13.3. The van der Waals surface area contributed by atoms with Gasteiger partial charge in [-0.25, -0.2) is 4.79 Å². The summed E-state index contributed by atoms with van der Waals surface area (Å²) in [6.45, 7) is 8.46. The first-order valence-corrected chi connectivity index (χ1v) is 9.94. The molecule has 4 heteroatoms. The Balaban J connectivity index is 0.00000126. The van der Waals surface area contributed by atoms with Crippen LogP contribution >= 0.6 is 0 Å². The van der Waals surface area contributed by atoms with E-state index >= 15 is 0 Å². The third-order valence-electron chi connectivity index (χ3n) is 4.60. The average Bonchev–Trinajstić information content (AvgIpc) is 2.75. The van der Waals surface area contributed by atoms with E-state index in [9.17, 15) is 4.79 Å². The minimum atomic E-state index is -0.217. The molecule has 1 aliphatic rings. The van der Waals surface area contributed by atoms with Crippen molar-refractivity contribution in [2.45, 2.75) is 46.1 Å². The van der Waals surface area contributed by atoms with Crippen molar-refractivity contribution in [3.63, 3.8) is 0 Å². The molecule has 0 radical (unpaired) electrons. The van der Waals surface area contributed by atoms with Gasteiger partial charge in [-0.15, -0.1) is 0 Å². The number of piperidine rings is 1. The molecule has 146 valence electrons. The van der Waals surface area contributed by atoms with Crippen molar-refractivity contribution < 1.29 is 14.3 Å².